The van der Waals surface area contributed by atoms with Crippen molar-refractivity contribution in [2.45, 2.75) is 25.3 Å². The highest BCUT2D eigenvalue weighted by Crippen LogP contribution is 2.15. The van der Waals surface area contributed by atoms with E-state index in [-0.39, 0.29) is 6.61 Å². The highest BCUT2D eigenvalue weighted by Gasteiger charge is 2.08. The summed E-state index contributed by atoms with van der Waals surface area (Å²) in [4.78, 5) is 0. The topological polar surface area (TPSA) is 46.2 Å². The van der Waals surface area contributed by atoms with Crippen LogP contribution in [0.4, 0.5) is 0 Å². The molecule has 0 fully saturated rings. The van der Waals surface area contributed by atoms with E-state index in [4.69, 9.17) is 10.8 Å². The fourth-order valence-corrected chi connectivity index (χ4v) is 1.05. The molecule has 0 amide bonds. The molecule has 0 aromatic carbocycles. The predicted octanol–water partition coefficient (Wildman–Crippen LogP) is 0.416. The van der Waals surface area contributed by atoms with Crippen molar-refractivity contribution in [2.75, 3.05) is 6.61 Å². The molecule has 0 bridgehead atoms. The molecule has 0 saturated heterocycles. The Hall–Kier alpha value is -0.340. The van der Waals surface area contributed by atoms with Gasteiger partial charge in [0.15, 0.2) is 0 Å². The largest absolute Gasteiger partial charge is 0.392 e. The zero-order valence-electron chi connectivity index (χ0n) is 5.51. The molecule has 1 rings (SSSR count). The first-order valence-electron chi connectivity index (χ1n) is 3.37. The molecular weight excluding hydrogens is 114 g/mol. The van der Waals surface area contributed by atoms with E-state index in [1.165, 1.54) is 0 Å². The predicted molar refractivity (Wildman–Crippen MR) is 37.0 cm³/mol. The SMILES string of the molecule is NC1CC=C(CO)CC1. The Morgan fingerprint density at radius 3 is 3.00 bits per heavy atom. The van der Waals surface area contributed by atoms with Crippen LogP contribution in [-0.4, -0.2) is 17.8 Å². The summed E-state index contributed by atoms with van der Waals surface area (Å²) in [5, 5.41) is 8.67. The van der Waals surface area contributed by atoms with E-state index in [9.17, 15) is 0 Å². The molecule has 0 aromatic rings. The summed E-state index contributed by atoms with van der Waals surface area (Å²) in [7, 11) is 0. The molecule has 1 unspecified atom stereocenters. The summed E-state index contributed by atoms with van der Waals surface area (Å²) in [6.45, 7) is 0.215. The van der Waals surface area contributed by atoms with Gasteiger partial charge in [0.1, 0.15) is 0 Å². The van der Waals surface area contributed by atoms with Crippen LogP contribution in [0.5, 0.6) is 0 Å². The van der Waals surface area contributed by atoms with Crippen molar-refractivity contribution >= 4 is 0 Å². The van der Waals surface area contributed by atoms with E-state index in [0.29, 0.717) is 6.04 Å². The zero-order valence-corrected chi connectivity index (χ0v) is 5.51. The Bertz CT molecular complexity index is 120. The molecule has 1 aliphatic carbocycles. The highest BCUT2D eigenvalue weighted by molar-refractivity contribution is 5.07. The van der Waals surface area contributed by atoms with Gasteiger partial charge in [-0.1, -0.05) is 6.08 Å². The lowest BCUT2D eigenvalue weighted by Crippen LogP contribution is -2.22. The van der Waals surface area contributed by atoms with Gasteiger partial charge in [-0.15, -0.1) is 0 Å². The average Bonchev–Trinajstić information content (AvgIpc) is 1.90. The number of aliphatic hydroxyl groups excluding tert-OH is 1. The minimum absolute atomic E-state index is 0.215. The Kier molecular flexibility index (Phi) is 2.25. The smallest absolute Gasteiger partial charge is 0.0641 e. The lowest BCUT2D eigenvalue weighted by atomic mass is 9.96. The minimum Gasteiger partial charge on any atom is -0.392 e. The molecule has 0 radical (unpaired) electrons. The Morgan fingerprint density at radius 1 is 1.78 bits per heavy atom. The van der Waals surface area contributed by atoms with Gasteiger partial charge >= 0.3 is 0 Å². The van der Waals surface area contributed by atoms with Crippen LogP contribution in [0.15, 0.2) is 11.6 Å². The summed E-state index contributed by atoms with van der Waals surface area (Å²) in [6, 6.07) is 0.334. The van der Waals surface area contributed by atoms with Gasteiger partial charge in [0, 0.05) is 6.04 Å². The molecule has 0 saturated carbocycles. The maximum Gasteiger partial charge on any atom is 0.0641 e. The third-order valence-electron chi connectivity index (χ3n) is 1.75. The van der Waals surface area contributed by atoms with Gasteiger partial charge in [-0.25, -0.2) is 0 Å². The zero-order chi connectivity index (χ0) is 6.69. The van der Waals surface area contributed by atoms with Crippen molar-refractivity contribution in [3.63, 3.8) is 0 Å². The molecule has 1 aliphatic rings. The lowest BCUT2D eigenvalue weighted by molar-refractivity contribution is 0.321. The van der Waals surface area contributed by atoms with E-state index >= 15 is 0 Å². The van der Waals surface area contributed by atoms with Gasteiger partial charge in [-0.05, 0) is 24.8 Å². The summed E-state index contributed by atoms with van der Waals surface area (Å²) in [5.41, 5.74) is 6.78. The van der Waals surface area contributed by atoms with Gasteiger partial charge < -0.3 is 10.8 Å². The van der Waals surface area contributed by atoms with Crippen LogP contribution in [0.2, 0.25) is 0 Å². The quantitative estimate of drug-likeness (QED) is 0.501. The van der Waals surface area contributed by atoms with Crippen molar-refractivity contribution in [2.24, 2.45) is 5.73 Å². The third-order valence-corrected chi connectivity index (χ3v) is 1.75. The maximum absolute atomic E-state index is 8.67. The van der Waals surface area contributed by atoms with Crippen LogP contribution in [0.1, 0.15) is 19.3 Å². The normalized spacial score (nSPS) is 27.8. The summed E-state index contributed by atoms with van der Waals surface area (Å²) >= 11 is 0. The summed E-state index contributed by atoms with van der Waals surface area (Å²) in [5.74, 6) is 0. The fourth-order valence-electron chi connectivity index (χ4n) is 1.05. The molecular formula is C7H13NO. The number of rotatable bonds is 1. The van der Waals surface area contributed by atoms with Gasteiger partial charge in [0.05, 0.1) is 6.61 Å². The highest BCUT2D eigenvalue weighted by atomic mass is 16.3. The second-order valence-corrected chi connectivity index (χ2v) is 2.55. The van der Waals surface area contributed by atoms with Gasteiger partial charge in [-0.3, -0.25) is 0 Å². The molecule has 3 N–H and O–H groups in total. The van der Waals surface area contributed by atoms with Gasteiger partial charge in [0.2, 0.25) is 0 Å². The molecule has 52 valence electrons. The Morgan fingerprint density at radius 2 is 2.56 bits per heavy atom. The van der Waals surface area contributed by atoms with Crippen LogP contribution in [0.25, 0.3) is 0 Å². The third kappa shape index (κ3) is 1.80. The second-order valence-electron chi connectivity index (χ2n) is 2.55. The summed E-state index contributed by atoms with van der Waals surface area (Å²) in [6.07, 6.45) is 5.01. The standard InChI is InChI=1S/C7H13NO/c8-7-3-1-6(5-9)2-4-7/h1,7,9H,2-5,8H2. The lowest BCUT2D eigenvalue weighted by Gasteiger charge is -2.16. The first-order chi connectivity index (χ1) is 4.33. The molecule has 9 heavy (non-hydrogen) atoms. The van der Waals surface area contributed by atoms with Crippen molar-refractivity contribution in [3.05, 3.63) is 11.6 Å². The molecule has 2 nitrogen and oxygen atoms in total. The van der Waals surface area contributed by atoms with Gasteiger partial charge in [0.25, 0.3) is 0 Å². The molecule has 1 atom stereocenters. The Labute approximate surface area is 55.4 Å². The molecule has 0 aromatic heterocycles. The Balaban J connectivity index is 2.40. The van der Waals surface area contributed by atoms with E-state index in [1.807, 2.05) is 6.08 Å². The fraction of sp³-hybridized carbons (Fsp3) is 0.714. The average molecular weight is 127 g/mol. The molecule has 0 aliphatic heterocycles. The van der Waals surface area contributed by atoms with Crippen molar-refractivity contribution in [1.29, 1.82) is 0 Å². The first-order valence-corrected chi connectivity index (χ1v) is 3.37. The van der Waals surface area contributed by atoms with E-state index in [0.717, 1.165) is 24.8 Å². The molecule has 0 spiro atoms. The van der Waals surface area contributed by atoms with Crippen molar-refractivity contribution < 1.29 is 5.11 Å². The number of nitrogens with two attached hydrogens (primary N) is 1. The number of hydrogen-bond donors (Lipinski definition) is 2. The van der Waals surface area contributed by atoms with Gasteiger partial charge in [-0.2, -0.15) is 0 Å². The van der Waals surface area contributed by atoms with Crippen molar-refractivity contribution in [3.8, 4) is 0 Å². The summed E-state index contributed by atoms with van der Waals surface area (Å²) < 4.78 is 0. The van der Waals surface area contributed by atoms with Crippen LogP contribution in [-0.2, 0) is 0 Å². The molecule has 2 heteroatoms. The van der Waals surface area contributed by atoms with Crippen LogP contribution in [0, 0.1) is 0 Å². The number of hydrogen-bond acceptors (Lipinski definition) is 2. The van der Waals surface area contributed by atoms with Crippen LogP contribution in [0.3, 0.4) is 0 Å². The maximum atomic E-state index is 8.67. The molecule has 0 heterocycles. The second kappa shape index (κ2) is 2.99. The first kappa shape index (κ1) is 6.78. The minimum atomic E-state index is 0.215. The van der Waals surface area contributed by atoms with E-state index in [2.05, 4.69) is 0 Å². The van der Waals surface area contributed by atoms with Crippen LogP contribution >= 0.6 is 0 Å². The van der Waals surface area contributed by atoms with Crippen molar-refractivity contribution in [1.82, 2.24) is 0 Å². The van der Waals surface area contributed by atoms with Crippen LogP contribution < -0.4 is 5.73 Å². The number of aliphatic hydroxyl groups is 1. The van der Waals surface area contributed by atoms with E-state index in [1.54, 1.807) is 0 Å². The monoisotopic (exact) mass is 127 g/mol. The van der Waals surface area contributed by atoms with E-state index < -0.39 is 0 Å².